The number of hydrogen-bond donors (Lipinski definition) is 0. The number of carbonyl (C=O) groups is 1. The van der Waals surface area contributed by atoms with Crippen LogP contribution in [0.15, 0.2) is 24.3 Å². The van der Waals surface area contributed by atoms with Crippen molar-refractivity contribution < 1.29 is 9.53 Å². The van der Waals surface area contributed by atoms with Gasteiger partial charge in [-0.15, -0.1) is 0 Å². The number of nitrogens with zero attached hydrogens (tertiary/aromatic N) is 1. The first-order valence-corrected chi connectivity index (χ1v) is 8.64. The fourth-order valence-corrected chi connectivity index (χ4v) is 3.63. The Bertz CT molecular complexity index is 505. The van der Waals surface area contributed by atoms with E-state index in [1.165, 1.54) is 30.4 Å². The average Bonchev–Trinajstić information content (AvgIpc) is 2.56. The van der Waals surface area contributed by atoms with Crippen LogP contribution < -0.4 is 0 Å². The predicted molar refractivity (Wildman–Crippen MR) is 87.6 cm³/mol. The minimum Gasteiger partial charge on any atom is -0.370 e. The van der Waals surface area contributed by atoms with Crippen molar-refractivity contribution in [1.29, 1.82) is 0 Å². The largest absolute Gasteiger partial charge is 0.370 e. The van der Waals surface area contributed by atoms with Crippen LogP contribution in [0.3, 0.4) is 0 Å². The molecule has 1 saturated heterocycles. The summed E-state index contributed by atoms with van der Waals surface area (Å²) in [5, 5.41) is 0. The molecule has 0 radical (unpaired) electrons. The topological polar surface area (TPSA) is 29.5 Å². The van der Waals surface area contributed by atoms with Gasteiger partial charge in [0.1, 0.15) is 6.10 Å². The SMILES string of the molecule is Cc1ccc(C2CN(C(=O)C3CCCCC3)C(C)CO2)cc1. The van der Waals surface area contributed by atoms with Gasteiger partial charge in [-0.3, -0.25) is 4.79 Å². The number of amides is 1. The van der Waals surface area contributed by atoms with Crippen molar-refractivity contribution in [2.45, 2.75) is 58.1 Å². The zero-order valence-corrected chi connectivity index (χ0v) is 13.8. The number of rotatable bonds is 2. The summed E-state index contributed by atoms with van der Waals surface area (Å²) in [6, 6.07) is 8.67. The smallest absolute Gasteiger partial charge is 0.226 e. The van der Waals surface area contributed by atoms with Gasteiger partial charge in [0.25, 0.3) is 0 Å². The standard InChI is InChI=1S/C19H27NO2/c1-14-8-10-16(11-9-14)18-12-20(15(2)13-22-18)19(21)17-6-4-3-5-7-17/h8-11,15,17-18H,3-7,12-13H2,1-2H3. The van der Waals surface area contributed by atoms with E-state index < -0.39 is 0 Å². The van der Waals surface area contributed by atoms with E-state index in [2.05, 4.69) is 43.0 Å². The molecule has 2 aliphatic rings. The van der Waals surface area contributed by atoms with Crippen molar-refractivity contribution >= 4 is 5.91 Å². The molecule has 2 fully saturated rings. The normalized spacial score (nSPS) is 26.9. The molecule has 1 aliphatic carbocycles. The van der Waals surface area contributed by atoms with Gasteiger partial charge in [-0.25, -0.2) is 0 Å². The Balaban J connectivity index is 1.70. The second kappa shape index (κ2) is 6.82. The minimum atomic E-state index is 0.0179. The summed E-state index contributed by atoms with van der Waals surface area (Å²) < 4.78 is 5.99. The molecule has 1 aliphatic heterocycles. The third kappa shape index (κ3) is 3.35. The number of morpholine rings is 1. The van der Waals surface area contributed by atoms with Crippen LogP contribution in [-0.4, -0.2) is 30.0 Å². The minimum absolute atomic E-state index is 0.0179. The van der Waals surface area contributed by atoms with Gasteiger partial charge in [-0.05, 0) is 32.3 Å². The third-order valence-electron chi connectivity index (χ3n) is 5.12. The molecule has 0 spiro atoms. The summed E-state index contributed by atoms with van der Waals surface area (Å²) in [6.45, 7) is 5.52. The maximum Gasteiger partial charge on any atom is 0.226 e. The molecule has 3 heteroatoms. The fraction of sp³-hybridized carbons (Fsp3) is 0.632. The highest BCUT2D eigenvalue weighted by molar-refractivity contribution is 5.79. The molecule has 1 aromatic carbocycles. The van der Waals surface area contributed by atoms with E-state index in [-0.39, 0.29) is 18.1 Å². The van der Waals surface area contributed by atoms with Crippen LogP contribution in [-0.2, 0) is 9.53 Å². The maximum atomic E-state index is 12.9. The first-order chi connectivity index (χ1) is 10.6. The van der Waals surface area contributed by atoms with E-state index >= 15 is 0 Å². The molecule has 2 atom stereocenters. The Kier molecular flexibility index (Phi) is 4.82. The number of benzene rings is 1. The fourth-order valence-electron chi connectivity index (χ4n) is 3.63. The van der Waals surface area contributed by atoms with Gasteiger partial charge < -0.3 is 9.64 Å². The molecule has 3 rings (SSSR count). The van der Waals surface area contributed by atoms with Gasteiger partial charge in [-0.1, -0.05) is 49.1 Å². The number of aryl methyl sites for hydroxylation is 1. The van der Waals surface area contributed by atoms with Crippen molar-refractivity contribution in [3.8, 4) is 0 Å². The molecule has 1 aromatic rings. The van der Waals surface area contributed by atoms with Crippen molar-refractivity contribution in [3.63, 3.8) is 0 Å². The van der Waals surface area contributed by atoms with Crippen molar-refractivity contribution in [1.82, 2.24) is 4.90 Å². The summed E-state index contributed by atoms with van der Waals surface area (Å²) >= 11 is 0. The second-order valence-corrected chi connectivity index (χ2v) is 6.91. The lowest BCUT2D eigenvalue weighted by Crippen LogP contribution is -2.50. The van der Waals surface area contributed by atoms with Crippen molar-refractivity contribution in [2.75, 3.05) is 13.2 Å². The van der Waals surface area contributed by atoms with Gasteiger partial charge in [-0.2, -0.15) is 0 Å². The van der Waals surface area contributed by atoms with Crippen LogP contribution in [0.5, 0.6) is 0 Å². The third-order valence-corrected chi connectivity index (χ3v) is 5.12. The van der Waals surface area contributed by atoms with Crippen LogP contribution in [0.1, 0.15) is 56.3 Å². The molecule has 2 unspecified atom stereocenters. The van der Waals surface area contributed by atoms with E-state index in [1.807, 2.05) is 0 Å². The van der Waals surface area contributed by atoms with Crippen LogP contribution >= 0.6 is 0 Å². The highest BCUT2D eigenvalue weighted by Crippen LogP contribution is 2.30. The summed E-state index contributed by atoms with van der Waals surface area (Å²) in [5.74, 6) is 0.598. The first kappa shape index (κ1) is 15.5. The Hall–Kier alpha value is -1.35. The molecular formula is C19H27NO2. The average molecular weight is 301 g/mol. The maximum absolute atomic E-state index is 12.9. The number of hydrogen-bond acceptors (Lipinski definition) is 2. The summed E-state index contributed by atoms with van der Waals surface area (Å²) in [4.78, 5) is 14.9. The van der Waals surface area contributed by atoms with Gasteiger partial charge in [0.05, 0.1) is 19.2 Å². The van der Waals surface area contributed by atoms with E-state index in [0.29, 0.717) is 19.1 Å². The Morgan fingerprint density at radius 1 is 1.14 bits per heavy atom. The lowest BCUT2D eigenvalue weighted by molar-refractivity contribution is -0.149. The van der Waals surface area contributed by atoms with E-state index in [4.69, 9.17) is 4.74 Å². The molecule has 0 aromatic heterocycles. The van der Waals surface area contributed by atoms with E-state index in [0.717, 1.165) is 12.8 Å². The zero-order valence-electron chi connectivity index (χ0n) is 13.8. The Morgan fingerprint density at radius 2 is 1.82 bits per heavy atom. The van der Waals surface area contributed by atoms with Gasteiger partial charge in [0.15, 0.2) is 0 Å². The highest BCUT2D eigenvalue weighted by Gasteiger charge is 2.34. The molecule has 1 saturated carbocycles. The lowest BCUT2D eigenvalue weighted by atomic mass is 9.87. The first-order valence-electron chi connectivity index (χ1n) is 8.64. The van der Waals surface area contributed by atoms with Crippen molar-refractivity contribution in [3.05, 3.63) is 35.4 Å². The second-order valence-electron chi connectivity index (χ2n) is 6.91. The summed E-state index contributed by atoms with van der Waals surface area (Å²) in [7, 11) is 0. The molecule has 1 heterocycles. The molecular weight excluding hydrogens is 274 g/mol. The molecule has 1 amide bonds. The van der Waals surface area contributed by atoms with Crippen molar-refractivity contribution in [2.24, 2.45) is 5.92 Å². The van der Waals surface area contributed by atoms with Crippen LogP contribution in [0.2, 0.25) is 0 Å². The molecule has 22 heavy (non-hydrogen) atoms. The predicted octanol–water partition coefficient (Wildman–Crippen LogP) is 3.86. The quantitative estimate of drug-likeness (QED) is 0.830. The van der Waals surface area contributed by atoms with Gasteiger partial charge >= 0.3 is 0 Å². The Morgan fingerprint density at radius 3 is 2.50 bits per heavy atom. The molecule has 120 valence electrons. The van der Waals surface area contributed by atoms with Crippen LogP contribution in [0.25, 0.3) is 0 Å². The lowest BCUT2D eigenvalue weighted by Gasteiger charge is -2.40. The number of ether oxygens (including phenoxy) is 1. The molecule has 0 N–H and O–H groups in total. The highest BCUT2D eigenvalue weighted by atomic mass is 16.5. The summed E-state index contributed by atoms with van der Waals surface area (Å²) in [5.41, 5.74) is 2.43. The zero-order chi connectivity index (χ0) is 15.5. The molecule has 0 bridgehead atoms. The number of carbonyl (C=O) groups excluding carboxylic acids is 1. The van der Waals surface area contributed by atoms with E-state index in [9.17, 15) is 4.79 Å². The summed E-state index contributed by atoms with van der Waals surface area (Å²) in [6.07, 6.45) is 5.85. The van der Waals surface area contributed by atoms with Crippen LogP contribution in [0, 0.1) is 12.8 Å². The van der Waals surface area contributed by atoms with Crippen LogP contribution in [0.4, 0.5) is 0 Å². The Labute approximate surface area is 133 Å². The van der Waals surface area contributed by atoms with Gasteiger partial charge in [0.2, 0.25) is 5.91 Å². The van der Waals surface area contributed by atoms with Gasteiger partial charge in [0, 0.05) is 5.92 Å². The monoisotopic (exact) mass is 301 g/mol. The molecule has 3 nitrogen and oxygen atoms in total. The van der Waals surface area contributed by atoms with E-state index in [1.54, 1.807) is 0 Å².